The number of hydrogen-bond acceptors (Lipinski definition) is 4. The lowest BCUT2D eigenvalue weighted by Crippen LogP contribution is -2.44. The first kappa shape index (κ1) is 13.6. The van der Waals surface area contributed by atoms with E-state index in [1.165, 1.54) is 5.56 Å². The number of fused-ring (bicyclic) bond motifs is 1. The largest absolute Gasteiger partial charge is 0.459 e. The van der Waals surface area contributed by atoms with Crippen LogP contribution in [-0.4, -0.2) is 49.7 Å². The normalized spacial score (nSPS) is 23.2. The van der Waals surface area contributed by atoms with E-state index in [9.17, 15) is 4.79 Å². The van der Waals surface area contributed by atoms with Crippen LogP contribution in [0.25, 0.3) is 0 Å². The Balaban J connectivity index is 1.65. The van der Waals surface area contributed by atoms with Crippen molar-refractivity contribution in [2.45, 2.75) is 25.9 Å². The van der Waals surface area contributed by atoms with Crippen LogP contribution in [-0.2, 0) is 17.6 Å². The molecule has 0 aliphatic carbocycles. The van der Waals surface area contributed by atoms with Gasteiger partial charge in [-0.25, -0.2) is 4.79 Å². The molecule has 0 radical (unpaired) electrons. The summed E-state index contributed by atoms with van der Waals surface area (Å²) in [5, 5.41) is 3.37. The van der Waals surface area contributed by atoms with Gasteiger partial charge in [0.2, 0.25) is 0 Å². The van der Waals surface area contributed by atoms with E-state index in [1.807, 2.05) is 13.0 Å². The standard InChI is InChI=1S/C16H22N2O2/c1-12-10-14-11-13(2-3-15(14)16(19)20-12)4-7-18-8-5-17-6-9-18/h2-3,11-12,17H,4-10H2,1H3/t12-/m0/s1. The highest BCUT2D eigenvalue weighted by molar-refractivity contribution is 5.92. The van der Waals surface area contributed by atoms with Crippen molar-refractivity contribution < 1.29 is 9.53 Å². The molecule has 3 rings (SSSR count). The average molecular weight is 274 g/mol. The maximum absolute atomic E-state index is 11.8. The van der Waals surface area contributed by atoms with Crippen LogP contribution in [0.3, 0.4) is 0 Å². The first-order valence-corrected chi connectivity index (χ1v) is 7.48. The summed E-state index contributed by atoms with van der Waals surface area (Å²) in [7, 11) is 0. The molecule has 2 heterocycles. The molecule has 0 bridgehead atoms. The second-order valence-corrected chi connectivity index (χ2v) is 5.75. The zero-order valence-corrected chi connectivity index (χ0v) is 12.0. The van der Waals surface area contributed by atoms with Crippen molar-refractivity contribution in [2.24, 2.45) is 0 Å². The lowest BCUT2D eigenvalue weighted by Gasteiger charge is -2.27. The minimum Gasteiger partial charge on any atom is -0.459 e. The van der Waals surface area contributed by atoms with Crippen LogP contribution in [0.2, 0.25) is 0 Å². The third-order valence-electron chi connectivity index (χ3n) is 4.13. The molecule has 1 saturated heterocycles. The van der Waals surface area contributed by atoms with Crippen LogP contribution in [0.4, 0.5) is 0 Å². The maximum Gasteiger partial charge on any atom is 0.338 e. The Morgan fingerprint density at radius 2 is 2.15 bits per heavy atom. The molecule has 2 aliphatic heterocycles. The SMILES string of the molecule is C[C@H]1Cc2cc(CCN3CCNCC3)ccc2C(=O)O1. The highest BCUT2D eigenvalue weighted by Gasteiger charge is 2.23. The monoisotopic (exact) mass is 274 g/mol. The second kappa shape index (κ2) is 5.94. The molecule has 1 N–H and O–H groups in total. The molecule has 0 aromatic heterocycles. The molecule has 0 unspecified atom stereocenters. The minimum absolute atomic E-state index is 0.00146. The quantitative estimate of drug-likeness (QED) is 0.842. The van der Waals surface area contributed by atoms with Gasteiger partial charge < -0.3 is 15.0 Å². The van der Waals surface area contributed by atoms with E-state index >= 15 is 0 Å². The molecule has 2 aliphatic rings. The second-order valence-electron chi connectivity index (χ2n) is 5.75. The van der Waals surface area contributed by atoms with Crippen LogP contribution in [0.1, 0.15) is 28.4 Å². The number of rotatable bonds is 3. The molecule has 20 heavy (non-hydrogen) atoms. The van der Waals surface area contributed by atoms with E-state index < -0.39 is 0 Å². The molecular formula is C16H22N2O2. The molecule has 1 aromatic rings. The number of nitrogens with one attached hydrogen (secondary N) is 1. The third kappa shape index (κ3) is 3.02. The molecule has 4 heteroatoms. The van der Waals surface area contributed by atoms with E-state index in [2.05, 4.69) is 22.3 Å². The molecule has 4 nitrogen and oxygen atoms in total. The molecule has 1 aromatic carbocycles. The fourth-order valence-electron chi connectivity index (χ4n) is 2.99. The number of hydrogen-bond donors (Lipinski definition) is 1. The first-order chi connectivity index (χ1) is 9.72. The summed E-state index contributed by atoms with van der Waals surface area (Å²) in [4.78, 5) is 14.3. The van der Waals surface area contributed by atoms with Gasteiger partial charge in [-0.1, -0.05) is 12.1 Å². The van der Waals surface area contributed by atoms with Gasteiger partial charge in [-0.15, -0.1) is 0 Å². The number of carbonyl (C=O) groups excluding carboxylic acids is 1. The van der Waals surface area contributed by atoms with E-state index in [0.29, 0.717) is 0 Å². The summed E-state index contributed by atoms with van der Waals surface area (Å²) >= 11 is 0. The van der Waals surface area contributed by atoms with Gasteiger partial charge in [0.25, 0.3) is 0 Å². The summed E-state index contributed by atoms with van der Waals surface area (Å²) in [5.41, 5.74) is 3.21. The zero-order chi connectivity index (χ0) is 13.9. The Hall–Kier alpha value is -1.39. The molecule has 0 spiro atoms. The van der Waals surface area contributed by atoms with Gasteiger partial charge in [0.05, 0.1) is 5.56 Å². The summed E-state index contributed by atoms with van der Waals surface area (Å²) in [5.74, 6) is -0.174. The molecule has 108 valence electrons. The topological polar surface area (TPSA) is 41.6 Å². The van der Waals surface area contributed by atoms with E-state index in [4.69, 9.17) is 4.74 Å². The van der Waals surface area contributed by atoms with Crippen LogP contribution in [0.15, 0.2) is 18.2 Å². The van der Waals surface area contributed by atoms with Crippen LogP contribution in [0, 0.1) is 0 Å². The van der Waals surface area contributed by atoms with E-state index in [0.717, 1.165) is 56.7 Å². The van der Waals surface area contributed by atoms with E-state index in [1.54, 1.807) is 0 Å². The summed E-state index contributed by atoms with van der Waals surface area (Å²) in [6.45, 7) is 7.50. The van der Waals surface area contributed by atoms with Gasteiger partial charge in [-0.05, 0) is 30.5 Å². The smallest absolute Gasteiger partial charge is 0.338 e. The van der Waals surface area contributed by atoms with Crippen molar-refractivity contribution in [2.75, 3.05) is 32.7 Å². The Labute approximate surface area is 120 Å². The number of nitrogens with zero attached hydrogens (tertiary/aromatic N) is 1. The van der Waals surface area contributed by atoms with Gasteiger partial charge in [0.1, 0.15) is 6.10 Å². The summed E-state index contributed by atoms with van der Waals surface area (Å²) in [6, 6.07) is 6.18. The lowest BCUT2D eigenvalue weighted by molar-refractivity contribution is 0.0301. The van der Waals surface area contributed by atoms with Crippen molar-refractivity contribution in [3.63, 3.8) is 0 Å². The summed E-state index contributed by atoms with van der Waals surface area (Å²) in [6.07, 6.45) is 1.89. The van der Waals surface area contributed by atoms with Crippen LogP contribution >= 0.6 is 0 Å². The van der Waals surface area contributed by atoms with Crippen molar-refractivity contribution >= 4 is 5.97 Å². The molecule has 1 fully saturated rings. The fraction of sp³-hybridized carbons (Fsp3) is 0.562. The highest BCUT2D eigenvalue weighted by atomic mass is 16.5. The van der Waals surface area contributed by atoms with Crippen molar-refractivity contribution in [3.8, 4) is 0 Å². The number of esters is 1. The predicted octanol–water partition coefficient (Wildman–Crippen LogP) is 1.24. The van der Waals surface area contributed by atoms with Gasteiger partial charge in [-0.2, -0.15) is 0 Å². The van der Waals surface area contributed by atoms with Gasteiger partial charge in [0.15, 0.2) is 0 Å². The number of cyclic esters (lactones) is 1. The molecule has 0 saturated carbocycles. The molecular weight excluding hydrogens is 252 g/mol. The number of piperazine rings is 1. The zero-order valence-electron chi connectivity index (χ0n) is 12.0. The average Bonchev–Trinajstić information content (AvgIpc) is 2.45. The van der Waals surface area contributed by atoms with Crippen molar-refractivity contribution in [1.29, 1.82) is 0 Å². The van der Waals surface area contributed by atoms with Gasteiger partial charge >= 0.3 is 5.97 Å². The van der Waals surface area contributed by atoms with Crippen LogP contribution in [0.5, 0.6) is 0 Å². The third-order valence-corrected chi connectivity index (χ3v) is 4.13. The Bertz CT molecular complexity index is 495. The number of ether oxygens (including phenoxy) is 1. The summed E-state index contributed by atoms with van der Waals surface area (Å²) < 4.78 is 5.25. The van der Waals surface area contributed by atoms with Gasteiger partial charge in [0, 0.05) is 39.1 Å². The Morgan fingerprint density at radius 3 is 2.95 bits per heavy atom. The predicted molar refractivity (Wildman–Crippen MR) is 78.0 cm³/mol. The van der Waals surface area contributed by atoms with Gasteiger partial charge in [-0.3, -0.25) is 0 Å². The maximum atomic E-state index is 11.8. The first-order valence-electron chi connectivity index (χ1n) is 7.48. The van der Waals surface area contributed by atoms with Crippen molar-refractivity contribution in [1.82, 2.24) is 10.2 Å². The molecule has 0 amide bonds. The molecule has 1 atom stereocenters. The van der Waals surface area contributed by atoms with Crippen molar-refractivity contribution in [3.05, 3.63) is 34.9 Å². The fourth-order valence-corrected chi connectivity index (χ4v) is 2.99. The number of benzene rings is 1. The van der Waals surface area contributed by atoms with E-state index in [-0.39, 0.29) is 12.1 Å². The van der Waals surface area contributed by atoms with Crippen LogP contribution < -0.4 is 5.32 Å². The highest BCUT2D eigenvalue weighted by Crippen LogP contribution is 2.22. The minimum atomic E-state index is -0.174. The Kier molecular flexibility index (Phi) is 4.03. The number of carbonyl (C=O) groups is 1. The Morgan fingerprint density at radius 1 is 1.35 bits per heavy atom. The lowest BCUT2D eigenvalue weighted by atomic mass is 9.96.